The summed E-state index contributed by atoms with van der Waals surface area (Å²) in [5.41, 5.74) is 0.725. The Morgan fingerprint density at radius 3 is 2.57 bits per heavy atom. The molecule has 1 aromatic carbocycles. The summed E-state index contributed by atoms with van der Waals surface area (Å²) in [5, 5.41) is 0. The van der Waals surface area contributed by atoms with Gasteiger partial charge in [0.05, 0.1) is 12.0 Å². The third kappa shape index (κ3) is 3.71. The zero-order chi connectivity index (χ0) is 15.5. The van der Waals surface area contributed by atoms with Gasteiger partial charge in [-0.15, -0.1) is 11.6 Å². The molecule has 0 saturated carbocycles. The number of ether oxygens (including phenoxy) is 1. The molecule has 0 aliphatic carbocycles. The highest BCUT2D eigenvalue weighted by atomic mass is 35.5. The molecule has 4 nitrogen and oxygen atoms in total. The molecule has 118 valence electrons. The van der Waals surface area contributed by atoms with E-state index in [4.69, 9.17) is 16.3 Å². The second kappa shape index (κ2) is 6.99. The van der Waals surface area contributed by atoms with E-state index in [0.717, 1.165) is 18.4 Å². The minimum Gasteiger partial charge on any atom is -0.497 e. The third-order valence-corrected chi connectivity index (χ3v) is 6.18. The smallest absolute Gasteiger partial charge is 0.243 e. The summed E-state index contributed by atoms with van der Waals surface area (Å²) in [6.07, 6.45) is 2.35. The summed E-state index contributed by atoms with van der Waals surface area (Å²) < 4.78 is 32.4. The molecule has 0 spiro atoms. The fourth-order valence-corrected chi connectivity index (χ4v) is 4.50. The van der Waals surface area contributed by atoms with Crippen LogP contribution < -0.4 is 4.74 Å². The lowest BCUT2D eigenvalue weighted by atomic mass is 10.0. The molecule has 0 unspecified atom stereocenters. The molecule has 2 rings (SSSR count). The summed E-state index contributed by atoms with van der Waals surface area (Å²) in [4.78, 5) is 0.360. The molecule has 21 heavy (non-hydrogen) atoms. The van der Waals surface area contributed by atoms with Gasteiger partial charge in [-0.1, -0.05) is 6.92 Å². The van der Waals surface area contributed by atoms with Crippen molar-refractivity contribution in [2.24, 2.45) is 5.92 Å². The van der Waals surface area contributed by atoms with Gasteiger partial charge in [-0.2, -0.15) is 4.31 Å². The van der Waals surface area contributed by atoms with Gasteiger partial charge in [0.1, 0.15) is 5.75 Å². The first kappa shape index (κ1) is 16.6. The van der Waals surface area contributed by atoms with Crippen LogP contribution in [0, 0.1) is 5.92 Å². The van der Waals surface area contributed by atoms with Crippen LogP contribution in [-0.4, -0.2) is 38.8 Å². The van der Waals surface area contributed by atoms with Crippen molar-refractivity contribution in [3.05, 3.63) is 23.8 Å². The van der Waals surface area contributed by atoms with Crippen molar-refractivity contribution in [2.45, 2.75) is 31.1 Å². The molecule has 0 amide bonds. The summed E-state index contributed by atoms with van der Waals surface area (Å²) in [6, 6.07) is 5.09. The molecule has 0 radical (unpaired) electrons. The van der Waals surface area contributed by atoms with Crippen LogP contribution >= 0.6 is 11.6 Å². The second-order valence-electron chi connectivity index (χ2n) is 5.50. The largest absolute Gasteiger partial charge is 0.497 e. The van der Waals surface area contributed by atoms with Crippen LogP contribution in [0.15, 0.2) is 23.1 Å². The Hall–Kier alpha value is -0.780. The minimum absolute atomic E-state index is 0.360. The normalized spacial score (nSPS) is 17.9. The van der Waals surface area contributed by atoms with Gasteiger partial charge in [0.25, 0.3) is 0 Å². The number of halogens is 1. The van der Waals surface area contributed by atoms with Gasteiger partial charge in [0.15, 0.2) is 0 Å². The molecule has 0 bridgehead atoms. The van der Waals surface area contributed by atoms with Crippen molar-refractivity contribution in [2.75, 3.05) is 26.1 Å². The van der Waals surface area contributed by atoms with Crippen molar-refractivity contribution in [3.8, 4) is 5.75 Å². The van der Waals surface area contributed by atoms with E-state index in [1.54, 1.807) is 29.6 Å². The van der Waals surface area contributed by atoms with Gasteiger partial charge in [-0.25, -0.2) is 8.42 Å². The number of methoxy groups -OCH3 is 1. The van der Waals surface area contributed by atoms with Crippen molar-refractivity contribution in [1.82, 2.24) is 4.31 Å². The molecular weight excluding hydrogens is 310 g/mol. The number of hydrogen-bond donors (Lipinski definition) is 0. The van der Waals surface area contributed by atoms with Crippen molar-refractivity contribution >= 4 is 21.6 Å². The number of hydrogen-bond acceptors (Lipinski definition) is 3. The predicted molar refractivity (Wildman–Crippen MR) is 84.6 cm³/mol. The van der Waals surface area contributed by atoms with Crippen LogP contribution in [0.4, 0.5) is 0 Å². The van der Waals surface area contributed by atoms with Gasteiger partial charge in [-0.05, 0) is 48.9 Å². The van der Waals surface area contributed by atoms with Crippen LogP contribution in [-0.2, 0) is 16.4 Å². The first-order valence-corrected chi connectivity index (χ1v) is 9.19. The first-order chi connectivity index (χ1) is 9.98. The zero-order valence-electron chi connectivity index (χ0n) is 12.5. The molecule has 0 atom stereocenters. The number of alkyl halides is 1. The minimum atomic E-state index is -3.44. The highest BCUT2D eigenvalue weighted by Crippen LogP contribution is 2.28. The van der Waals surface area contributed by atoms with Crippen LogP contribution in [0.1, 0.15) is 25.3 Å². The molecule has 0 N–H and O–H groups in total. The lowest BCUT2D eigenvalue weighted by Crippen LogP contribution is -2.38. The van der Waals surface area contributed by atoms with Crippen LogP contribution in [0.5, 0.6) is 5.75 Å². The highest BCUT2D eigenvalue weighted by Gasteiger charge is 2.29. The molecular formula is C15H22ClNO3S. The average Bonchev–Trinajstić information content (AvgIpc) is 2.47. The summed E-state index contributed by atoms with van der Waals surface area (Å²) in [7, 11) is -1.87. The topological polar surface area (TPSA) is 46.6 Å². The average molecular weight is 332 g/mol. The first-order valence-electron chi connectivity index (χ1n) is 7.22. The SMILES string of the molecule is COc1ccc(S(=O)(=O)N2CCC(C)CC2)c(CCCl)c1. The maximum absolute atomic E-state index is 12.8. The van der Waals surface area contributed by atoms with Crippen molar-refractivity contribution < 1.29 is 13.2 Å². The fraction of sp³-hybridized carbons (Fsp3) is 0.600. The van der Waals surface area contributed by atoms with Gasteiger partial charge in [0, 0.05) is 19.0 Å². The van der Waals surface area contributed by atoms with Crippen molar-refractivity contribution in [1.29, 1.82) is 0 Å². The van der Waals surface area contributed by atoms with Gasteiger partial charge in [-0.3, -0.25) is 0 Å². The summed E-state index contributed by atoms with van der Waals surface area (Å²) >= 11 is 5.81. The van der Waals surface area contributed by atoms with E-state index in [0.29, 0.717) is 42.0 Å². The Labute approximate surface area is 132 Å². The number of piperidine rings is 1. The molecule has 1 aromatic rings. The van der Waals surface area contributed by atoms with E-state index >= 15 is 0 Å². The summed E-state index contributed by atoms with van der Waals surface area (Å²) in [6.45, 7) is 3.35. The number of benzene rings is 1. The van der Waals surface area contributed by atoms with E-state index < -0.39 is 10.0 Å². The molecule has 0 aromatic heterocycles. The van der Waals surface area contributed by atoms with E-state index in [9.17, 15) is 8.42 Å². The van der Waals surface area contributed by atoms with Crippen LogP contribution in [0.3, 0.4) is 0 Å². The van der Waals surface area contributed by atoms with Gasteiger partial charge < -0.3 is 4.74 Å². The number of nitrogens with zero attached hydrogens (tertiary/aromatic N) is 1. The monoisotopic (exact) mass is 331 g/mol. The molecule has 1 fully saturated rings. The Morgan fingerprint density at radius 1 is 1.33 bits per heavy atom. The standard InChI is InChI=1S/C15H22ClNO3S/c1-12-6-9-17(10-7-12)21(18,19)15-4-3-14(20-2)11-13(15)5-8-16/h3-4,11-12H,5-10H2,1-2H3. The Morgan fingerprint density at radius 2 is 2.00 bits per heavy atom. The molecule has 6 heteroatoms. The second-order valence-corrected chi connectivity index (χ2v) is 7.78. The maximum Gasteiger partial charge on any atom is 0.243 e. The van der Waals surface area contributed by atoms with E-state index in [-0.39, 0.29) is 0 Å². The van der Waals surface area contributed by atoms with Gasteiger partial charge >= 0.3 is 0 Å². The van der Waals surface area contributed by atoms with Crippen molar-refractivity contribution in [3.63, 3.8) is 0 Å². The quantitative estimate of drug-likeness (QED) is 0.779. The number of aryl methyl sites for hydroxylation is 1. The Kier molecular flexibility index (Phi) is 5.52. The highest BCUT2D eigenvalue weighted by molar-refractivity contribution is 7.89. The van der Waals surface area contributed by atoms with E-state index in [1.165, 1.54) is 0 Å². The Bertz CT molecular complexity index is 581. The maximum atomic E-state index is 12.8. The van der Waals surface area contributed by atoms with Gasteiger partial charge in [0.2, 0.25) is 10.0 Å². The number of sulfonamides is 1. The molecule has 1 aliphatic heterocycles. The predicted octanol–water partition coefficient (Wildman–Crippen LogP) is 2.90. The number of rotatable bonds is 5. The molecule has 1 heterocycles. The lowest BCUT2D eigenvalue weighted by molar-refractivity contribution is 0.288. The third-order valence-electron chi connectivity index (χ3n) is 3.99. The zero-order valence-corrected chi connectivity index (χ0v) is 14.1. The lowest BCUT2D eigenvalue weighted by Gasteiger charge is -2.30. The van der Waals surface area contributed by atoms with E-state index in [1.807, 2.05) is 0 Å². The summed E-state index contributed by atoms with van der Waals surface area (Å²) in [5.74, 6) is 1.63. The van der Waals surface area contributed by atoms with E-state index in [2.05, 4.69) is 6.92 Å². The molecule has 1 saturated heterocycles. The fourth-order valence-electron chi connectivity index (χ4n) is 2.60. The van der Waals surface area contributed by atoms with Crippen LogP contribution in [0.2, 0.25) is 0 Å². The Balaban J connectivity index is 2.34. The van der Waals surface area contributed by atoms with Crippen LogP contribution in [0.25, 0.3) is 0 Å². The molecule has 1 aliphatic rings.